The summed E-state index contributed by atoms with van der Waals surface area (Å²) in [6, 6.07) is 26.2. The van der Waals surface area contributed by atoms with Gasteiger partial charge in [0.25, 0.3) is 0 Å². The molecule has 0 heterocycles. The Morgan fingerprint density at radius 2 is 1.23 bits per heavy atom. The van der Waals surface area contributed by atoms with E-state index in [9.17, 15) is 0 Å². The van der Waals surface area contributed by atoms with Crippen LogP contribution in [0.2, 0.25) is 0 Å². The second kappa shape index (κ2) is 11.6. The first-order valence-corrected chi connectivity index (χ1v) is 10.5. The van der Waals surface area contributed by atoms with Gasteiger partial charge in [-0.15, -0.1) is 0 Å². The molecule has 30 heavy (non-hydrogen) atoms. The zero-order valence-corrected chi connectivity index (χ0v) is 17.8. The van der Waals surface area contributed by atoms with Gasteiger partial charge in [0.2, 0.25) is 0 Å². The van der Waals surface area contributed by atoms with Crippen LogP contribution < -0.4 is 4.90 Å². The van der Waals surface area contributed by atoms with E-state index >= 15 is 0 Å². The summed E-state index contributed by atoms with van der Waals surface area (Å²) >= 11 is 0. The lowest BCUT2D eigenvalue weighted by Crippen LogP contribution is -2.15. The van der Waals surface area contributed by atoms with Gasteiger partial charge in [0.05, 0.1) is 23.6 Å². The van der Waals surface area contributed by atoms with Crippen LogP contribution in [0, 0.1) is 0 Å². The largest absolute Gasteiger partial charge is 0.370 e. The molecule has 0 bridgehead atoms. The van der Waals surface area contributed by atoms with Crippen LogP contribution in [-0.4, -0.2) is 13.6 Å². The Bertz CT molecular complexity index is 932. The van der Waals surface area contributed by atoms with Crippen LogP contribution in [-0.2, 0) is 6.54 Å². The molecular formula is C25H29N5. The second-order valence-corrected chi connectivity index (χ2v) is 7.25. The molecule has 0 saturated carbocycles. The van der Waals surface area contributed by atoms with Crippen molar-refractivity contribution >= 4 is 22.7 Å². The molecule has 0 radical (unpaired) electrons. The van der Waals surface area contributed by atoms with Gasteiger partial charge >= 0.3 is 0 Å². The first-order chi connectivity index (χ1) is 14.7. The quantitative estimate of drug-likeness (QED) is 0.251. The zero-order chi connectivity index (χ0) is 21.0. The standard InChI is InChI=1S/C25H29N5/c1-3-4-8-19-26-27-22-11-13-23(14-12-22)28-29-24-15-17-25(18-16-24)30(2)20-21-9-6-5-7-10-21/h5-7,9-18H,3-4,8,19-20H2,1-2H3. The number of azo groups is 2. The summed E-state index contributed by atoms with van der Waals surface area (Å²) in [5.74, 6) is 0. The summed E-state index contributed by atoms with van der Waals surface area (Å²) in [4.78, 5) is 2.21. The van der Waals surface area contributed by atoms with Gasteiger partial charge in [0.15, 0.2) is 0 Å². The van der Waals surface area contributed by atoms with Crippen LogP contribution in [0.4, 0.5) is 22.7 Å². The van der Waals surface area contributed by atoms with Crippen LogP contribution in [0.3, 0.4) is 0 Å². The van der Waals surface area contributed by atoms with Crippen molar-refractivity contribution in [3.63, 3.8) is 0 Å². The smallest absolute Gasteiger partial charge is 0.0858 e. The Morgan fingerprint density at radius 3 is 1.83 bits per heavy atom. The number of anilines is 1. The Balaban J connectivity index is 1.53. The summed E-state index contributed by atoms with van der Waals surface area (Å²) in [6.07, 6.45) is 3.48. The molecule has 0 unspecified atom stereocenters. The fraction of sp³-hybridized carbons (Fsp3) is 0.280. The topological polar surface area (TPSA) is 52.7 Å². The first-order valence-electron chi connectivity index (χ1n) is 10.5. The van der Waals surface area contributed by atoms with E-state index in [1.807, 2.05) is 42.5 Å². The third kappa shape index (κ3) is 6.92. The van der Waals surface area contributed by atoms with Gasteiger partial charge < -0.3 is 4.90 Å². The highest BCUT2D eigenvalue weighted by atomic mass is 15.1. The van der Waals surface area contributed by atoms with E-state index in [-0.39, 0.29) is 0 Å². The van der Waals surface area contributed by atoms with Gasteiger partial charge in [-0.2, -0.15) is 20.5 Å². The number of benzene rings is 3. The predicted molar refractivity (Wildman–Crippen MR) is 125 cm³/mol. The van der Waals surface area contributed by atoms with Crippen molar-refractivity contribution in [2.75, 3.05) is 18.5 Å². The van der Waals surface area contributed by atoms with Crippen molar-refractivity contribution in [3.8, 4) is 0 Å². The Labute approximate surface area is 179 Å². The van der Waals surface area contributed by atoms with Crippen molar-refractivity contribution < 1.29 is 0 Å². The Kier molecular flexibility index (Phi) is 8.27. The zero-order valence-electron chi connectivity index (χ0n) is 17.8. The van der Waals surface area contributed by atoms with E-state index in [1.54, 1.807) is 0 Å². The van der Waals surface area contributed by atoms with Gasteiger partial charge in [0, 0.05) is 19.3 Å². The average Bonchev–Trinajstić information content (AvgIpc) is 2.79. The molecule has 0 spiro atoms. The van der Waals surface area contributed by atoms with E-state index in [1.165, 1.54) is 18.4 Å². The fourth-order valence-corrected chi connectivity index (χ4v) is 2.99. The molecule has 0 aromatic heterocycles. The monoisotopic (exact) mass is 399 g/mol. The van der Waals surface area contributed by atoms with Crippen LogP contribution in [0.1, 0.15) is 31.7 Å². The van der Waals surface area contributed by atoms with E-state index in [0.717, 1.165) is 42.3 Å². The molecule has 0 amide bonds. The first kappa shape index (κ1) is 21.4. The maximum Gasteiger partial charge on any atom is 0.0858 e. The van der Waals surface area contributed by atoms with Crippen molar-refractivity contribution in [1.29, 1.82) is 0 Å². The average molecular weight is 400 g/mol. The van der Waals surface area contributed by atoms with Crippen LogP contribution >= 0.6 is 0 Å². The van der Waals surface area contributed by atoms with Crippen molar-refractivity contribution in [2.24, 2.45) is 20.5 Å². The molecule has 0 N–H and O–H groups in total. The molecule has 0 aliphatic heterocycles. The normalized spacial score (nSPS) is 11.4. The van der Waals surface area contributed by atoms with Crippen LogP contribution in [0.5, 0.6) is 0 Å². The van der Waals surface area contributed by atoms with Gasteiger partial charge in [-0.1, -0.05) is 50.1 Å². The molecule has 0 aliphatic rings. The second-order valence-electron chi connectivity index (χ2n) is 7.25. The molecule has 3 aromatic rings. The lowest BCUT2D eigenvalue weighted by molar-refractivity contribution is 0.713. The predicted octanol–water partition coefficient (Wildman–Crippen LogP) is 8.01. The minimum absolute atomic E-state index is 0.784. The molecule has 0 atom stereocenters. The van der Waals surface area contributed by atoms with Gasteiger partial charge in [-0.3, -0.25) is 0 Å². The van der Waals surface area contributed by atoms with E-state index in [2.05, 4.69) is 75.7 Å². The van der Waals surface area contributed by atoms with Crippen molar-refractivity contribution in [3.05, 3.63) is 84.4 Å². The van der Waals surface area contributed by atoms with E-state index in [0.29, 0.717) is 0 Å². The Hall–Kier alpha value is -3.34. The summed E-state index contributed by atoms with van der Waals surface area (Å²) in [6.45, 7) is 3.83. The third-order valence-electron chi connectivity index (χ3n) is 4.73. The number of nitrogens with zero attached hydrogens (tertiary/aromatic N) is 5. The van der Waals surface area contributed by atoms with Crippen molar-refractivity contribution in [2.45, 2.75) is 32.7 Å². The number of unbranched alkanes of at least 4 members (excludes halogenated alkanes) is 2. The van der Waals surface area contributed by atoms with Crippen LogP contribution in [0.25, 0.3) is 0 Å². The molecule has 5 heteroatoms. The van der Waals surface area contributed by atoms with Crippen LogP contribution in [0.15, 0.2) is 99.3 Å². The maximum absolute atomic E-state index is 4.34. The maximum atomic E-state index is 4.34. The number of hydrogen-bond donors (Lipinski definition) is 0. The molecule has 154 valence electrons. The van der Waals surface area contributed by atoms with Crippen molar-refractivity contribution in [1.82, 2.24) is 0 Å². The molecule has 3 aromatic carbocycles. The van der Waals surface area contributed by atoms with Gasteiger partial charge in [0.1, 0.15) is 0 Å². The molecule has 0 fully saturated rings. The summed E-state index contributed by atoms with van der Waals surface area (Å²) in [5.41, 5.74) is 4.90. The van der Waals surface area contributed by atoms with Gasteiger partial charge in [-0.05, 0) is 60.5 Å². The SMILES string of the molecule is CCCCCN=Nc1ccc(N=Nc2ccc(N(C)Cc3ccccc3)cc2)cc1. The highest BCUT2D eigenvalue weighted by molar-refractivity contribution is 5.53. The minimum Gasteiger partial charge on any atom is -0.370 e. The molecule has 0 saturated heterocycles. The molecule has 3 rings (SSSR count). The third-order valence-corrected chi connectivity index (χ3v) is 4.73. The van der Waals surface area contributed by atoms with E-state index < -0.39 is 0 Å². The lowest BCUT2D eigenvalue weighted by atomic mass is 10.2. The highest BCUT2D eigenvalue weighted by Crippen LogP contribution is 2.24. The molecule has 5 nitrogen and oxygen atoms in total. The highest BCUT2D eigenvalue weighted by Gasteiger charge is 2.02. The lowest BCUT2D eigenvalue weighted by Gasteiger charge is -2.19. The molecule has 0 aliphatic carbocycles. The number of rotatable bonds is 10. The summed E-state index contributed by atoms with van der Waals surface area (Å²) < 4.78 is 0. The summed E-state index contributed by atoms with van der Waals surface area (Å²) in [7, 11) is 2.09. The Morgan fingerprint density at radius 1 is 0.667 bits per heavy atom. The number of hydrogen-bond acceptors (Lipinski definition) is 5. The minimum atomic E-state index is 0.784. The van der Waals surface area contributed by atoms with E-state index in [4.69, 9.17) is 0 Å². The fourth-order valence-electron chi connectivity index (χ4n) is 2.99. The molecular weight excluding hydrogens is 370 g/mol. The summed E-state index contributed by atoms with van der Waals surface area (Å²) in [5, 5.41) is 17.1. The van der Waals surface area contributed by atoms with Gasteiger partial charge in [-0.25, -0.2) is 0 Å².